The fourth-order valence-corrected chi connectivity index (χ4v) is 3.53. The van der Waals surface area contributed by atoms with Crippen molar-refractivity contribution in [1.29, 1.82) is 0 Å². The largest absolute Gasteiger partial charge is 0.345 e. The highest BCUT2D eigenvalue weighted by Gasteiger charge is 2.31. The van der Waals surface area contributed by atoms with E-state index in [0.29, 0.717) is 23.4 Å². The summed E-state index contributed by atoms with van der Waals surface area (Å²) in [5.41, 5.74) is 6.44. The Labute approximate surface area is 162 Å². The van der Waals surface area contributed by atoms with E-state index < -0.39 is 17.7 Å². The Balaban J connectivity index is 0.00000243. The van der Waals surface area contributed by atoms with Gasteiger partial charge in [0.2, 0.25) is 5.91 Å². The van der Waals surface area contributed by atoms with Gasteiger partial charge in [0.25, 0.3) is 0 Å². The van der Waals surface area contributed by atoms with Crippen molar-refractivity contribution in [2.75, 3.05) is 0 Å². The van der Waals surface area contributed by atoms with Gasteiger partial charge in [-0.1, -0.05) is 29.8 Å². The molecule has 3 atom stereocenters. The molecule has 26 heavy (non-hydrogen) atoms. The van der Waals surface area contributed by atoms with Gasteiger partial charge in [0.1, 0.15) is 11.6 Å². The van der Waals surface area contributed by atoms with Crippen LogP contribution in [0.15, 0.2) is 42.5 Å². The third kappa shape index (κ3) is 4.53. The topological polar surface area (TPSA) is 55.1 Å². The maximum Gasteiger partial charge on any atom is 0.223 e. The SMILES string of the molecule is Cl.NC1CCC(C(=O)NC(c2cc(F)ccc2F)c2ccccc2Cl)C1. The van der Waals surface area contributed by atoms with Crippen LogP contribution in [0.2, 0.25) is 5.02 Å². The number of hydrogen-bond donors (Lipinski definition) is 2. The molecule has 1 saturated carbocycles. The summed E-state index contributed by atoms with van der Waals surface area (Å²) in [4.78, 5) is 12.6. The number of benzene rings is 2. The molecule has 0 bridgehead atoms. The van der Waals surface area contributed by atoms with Gasteiger partial charge < -0.3 is 11.1 Å². The minimum atomic E-state index is -0.867. The Morgan fingerprint density at radius 2 is 1.88 bits per heavy atom. The van der Waals surface area contributed by atoms with Crippen LogP contribution in [0.1, 0.15) is 36.4 Å². The van der Waals surface area contributed by atoms with E-state index in [9.17, 15) is 13.6 Å². The van der Waals surface area contributed by atoms with Crippen LogP contribution >= 0.6 is 24.0 Å². The molecule has 1 fully saturated rings. The standard InChI is InChI=1S/C19H19ClF2N2O.ClH/c20-16-4-2-1-3-14(16)18(15-10-12(21)6-8-17(15)22)24-19(25)11-5-7-13(23)9-11;/h1-4,6,8,10-11,13,18H,5,7,9,23H2,(H,24,25);1H. The molecule has 0 heterocycles. The number of halogens is 4. The van der Waals surface area contributed by atoms with Crippen molar-refractivity contribution in [1.82, 2.24) is 5.32 Å². The summed E-state index contributed by atoms with van der Waals surface area (Å²) in [5, 5.41) is 3.21. The predicted octanol–water partition coefficient (Wildman–Crippen LogP) is 4.37. The Hall–Kier alpha value is -1.69. The number of rotatable bonds is 4. The third-order valence-corrected chi connectivity index (χ3v) is 4.96. The first kappa shape index (κ1) is 20.6. The molecule has 3 rings (SSSR count). The maximum absolute atomic E-state index is 14.3. The Morgan fingerprint density at radius 1 is 1.15 bits per heavy atom. The van der Waals surface area contributed by atoms with Gasteiger partial charge in [-0.15, -0.1) is 12.4 Å². The lowest BCUT2D eigenvalue weighted by atomic mass is 9.96. The van der Waals surface area contributed by atoms with E-state index in [2.05, 4.69) is 5.32 Å². The zero-order chi connectivity index (χ0) is 18.0. The minimum Gasteiger partial charge on any atom is -0.345 e. The summed E-state index contributed by atoms with van der Waals surface area (Å²) in [5.74, 6) is -1.63. The van der Waals surface area contributed by atoms with E-state index in [1.54, 1.807) is 24.3 Å². The van der Waals surface area contributed by atoms with Gasteiger partial charge in [-0.25, -0.2) is 8.78 Å². The predicted molar refractivity (Wildman–Crippen MR) is 100 cm³/mol. The Morgan fingerprint density at radius 3 is 2.54 bits per heavy atom. The van der Waals surface area contributed by atoms with Gasteiger partial charge in [-0.3, -0.25) is 4.79 Å². The van der Waals surface area contributed by atoms with E-state index in [1.807, 2.05) is 0 Å². The van der Waals surface area contributed by atoms with E-state index in [1.165, 1.54) is 0 Å². The Kier molecular flexibility index (Phi) is 6.98. The summed E-state index contributed by atoms with van der Waals surface area (Å²) in [6, 6.07) is 9.13. The van der Waals surface area contributed by atoms with E-state index in [4.69, 9.17) is 17.3 Å². The molecule has 7 heteroatoms. The first-order valence-corrected chi connectivity index (χ1v) is 8.59. The second kappa shape index (κ2) is 8.80. The fraction of sp³-hybridized carbons (Fsp3) is 0.316. The lowest BCUT2D eigenvalue weighted by Crippen LogP contribution is -2.35. The molecular weight excluding hydrogens is 381 g/mol. The van der Waals surface area contributed by atoms with Crippen LogP contribution in [0, 0.1) is 17.6 Å². The third-order valence-electron chi connectivity index (χ3n) is 4.62. The second-order valence-electron chi connectivity index (χ2n) is 6.40. The molecule has 0 spiro atoms. The fourth-order valence-electron chi connectivity index (χ4n) is 3.28. The van der Waals surface area contributed by atoms with Gasteiger partial charge >= 0.3 is 0 Å². The van der Waals surface area contributed by atoms with Crippen LogP contribution < -0.4 is 11.1 Å². The van der Waals surface area contributed by atoms with Crippen molar-refractivity contribution >= 4 is 29.9 Å². The molecule has 140 valence electrons. The minimum absolute atomic E-state index is 0. The molecule has 0 aromatic heterocycles. The normalized spacial score (nSPS) is 20.3. The van der Waals surface area contributed by atoms with Gasteiger partial charge in [-0.2, -0.15) is 0 Å². The molecule has 3 nitrogen and oxygen atoms in total. The van der Waals surface area contributed by atoms with Crippen molar-refractivity contribution < 1.29 is 13.6 Å². The van der Waals surface area contributed by atoms with Gasteiger partial charge in [0.05, 0.1) is 6.04 Å². The van der Waals surface area contributed by atoms with Gasteiger partial charge in [-0.05, 0) is 49.1 Å². The monoisotopic (exact) mass is 400 g/mol. The number of carbonyl (C=O) groups excluding carboxylic acids is 1. The molecule has 1 amide bonds. The van der Waals surface area contributed by atoms with E-state index in [-0.39, 0.29) is 35.8 Å². The smallest absolute Gasteiger partial charge is 0.223 e. The average molecular weight is 401 g/mol. The quantitative estimate of drug-likeness (QED) is 0.800. The zero-order valence-electron chi connectivity index (χ0n) is 13.9. The molecule has 2 aromatic carbocycles. The number of nitrogens with one attached hydrogen (secondary N) is 1. The van der Waals surface area contributed by atoms with Crippen molar-refractivity contribution in [2.45, 2.75) is 31.3 Å². The average Bonchev–Trinajstić information content (AvgIpc) is 3.02. The summed E-state index contributed by atoms with van der Waals surface area (Å²) < 4.78 is 28.0. The molecule has 2 aromatic rings. The van der Waals surface area contributed by atoms with Crippen LogP contribution in [0.5, 0.6) is 0 Å². The molecular formula is C19H20Cl2F2N2O. The lowest BCUT2D eigenvalue weighted by molar-refractivity contribution is -0.125. The van der Waals surface area contributed by atoms with Crippen molar-refractivity contribution in [3.63, 3.8) is 0 Å². The van der Waals surface area contributed by atoms with Crippen LogP contribution in [0.4, 0.5) is 8.78 Å². The number of amides is 1. The van der Waals surface area contributed by atoms with Gasteiger partial charge in [0.15, 0.2) is 0 Å². The number of hydrogen-bond acceptors (Lipinski definition) is 2. The summed E-state index contributed by atoms with van der Waals surface area (Å²) in [6.07, 6.45) is 2.06. The molecule has 0 radical (unpaired) electrons. The Bertz CT molecular complexity index is 788. The summed E-state index contributed by atoms with van der Waals surface area (Å²) in [6.45, 7) is 0. The molecule has 1 aliphatic carbocycles. The molecule has 3 N–H and O–H groups in total. The highest BCUT2D eigenvalue weighted by Crippen LogP contribution is 2.32. The van der Waals surface area contributed by atoms with Gasteiger partial charge in [0, 0.05) is 22.5 Å². The van der Waals surface area contributed by atoms with Crippen LogP contribution in [0.3, 0.4) is 0 Å². The highest BCUT2D eigenvalue weighted by molar-refractivity contribution is 6.31. The maximum atomic E-state index is 14.3. The van der Waals surface area contributed by atoms with Crippen molar-refractivity contribution in [2.24, 2.45) is 11.7 Å². The number of nitrogens with two attached hydrogens (primary N) is 1. The van der Waals surface area contributed by atoms with Crippen molar-refractivity contribution in [3.05, 3.63) is 70.2 Å². The first-order valence-electron chi connectivity index (χ1n) is 8.21. The van der Waals surface area contributed by atoms with Crippen LogP contribution in [-0.4, -0.2) is 11.9 Å². The molecule has 1 aliphatic rings. The lowest BCUT2D eigenvalue weighted by Gasteiger charge is -2.23. The van der Waals surface area contributed by atoms with E-state index in [0.717, 1.165) is 24.6 Å². The first-order chi connectivity index (χ1) is 12.0. The zero-order valence-corrected chi connectivity index (χ0v) is 15.5. The van der Waals surface area contributed by atoms with Crippen LogP contribution in [0.25, 0.3) is 0 Å². The highest BCUT2D eigenvalue weighted by atomic mass is 35.5. The molecule has 3 unspecified atom stereocenters. The number of carbonyl (C=O) groups is 1. The molecule has 0 aliphatic heterocycles. The van der Waals surface area contributed by atoms with Crippen molar-refractivity contribution in [3.8, 4) is 0 Å². The second-order valence-corrected chi connectivity index (χ2v) is 6.81. The summed E-state index contributed by atoms with van der Waals surface area (Å²) >= 11 is 6.24. The van der Waals surface area contributed by atoms with E-state index >= 15 is 0 Å². The summed E-state index contributed by atoms with van der Waals surface area (Å²) in [7, 11) is 0. The molecule has 0 saturated heterocycles. The van der Waals surface area contributed by atoms with Crippen LogP contribution in [-0.2, 0) is 4.79 Å².